The van der Waals surface area contributed by atoms with E-state index in [2.05, 4.69) is 22.4 Å². The van der Waals surface area contributed by atoms with E-state index in [0.717, 1.165) is 12.4 Å². The van der Waals surface area contributed by atoms with Gasteiger partial charge in [-0.15, -0.1) is 10.2 Å². The molecule has 0 spiro atoms. The number of anilines is 2. The van der Waals surface area contributed by atoms with Gasteiger partial charge in [-0.25, -0.2) is 0 Å². The molecule has 4 heteroatoms. The van der Waals surface area contributed by atoms with Crippen LogP contribution in [-0.4, -0.2) is 16.7 Å². The van der Waals surface area contributed by atoms with Crippen molar-refractivity contribution in [1.29, 1.82) is 0 Å². The Labute approximate surface area is 97.6 Å². The van der Waals surface area contributed by atoms with E-state index in [-0.39, 0.29) is 0 Å². The number of aromatic nitrogens is 2. The third kappa shape index (κ3) is 5.53. The molecule has 0 saturated heterocycles. The number of hydrogen-bond acceptors (Lipinski definition) is 4. The minimum Gasteiger partial charge on any atom is -0.382 e. The van der Waals surface area contributed by atoms with Crippen molar-refractivity contribution in [3.8, 4) is 0 Å². The standard InChI is InChI=1S/C12H22N4/c1-2-3-4-5-6-7-10-14-12-9-8-11(13)15-16-12/h8-9H,2-7,10H2,1H3,(H2,13,15)(H,14,16). The molecular formula is C12H22N4. The monoisotopic (exact) mass is 222 g/mol. The zero-order valence-corrected chi connectivity index (χ0v) is 10.1. The maximum Gasteiger partial charge on any atom is 0.148 e. The van der Waals surface area contributed by atoms with Crippen molar-refractivity contribution in [1.82, 2.24) is 10.2 Å². The zero-order chi connectivity index (χ0) is 11.6. The van der Waals surface area contributed by atoms with Crippen molar-refractivity contribution in [2.24, 2.45) is 0 Å². The number of hydrogen-bond donors (Lipinski definition) is 2. The van der Waals surface area contributed by atoms with Crippen molar-refractivity contribution in [3.05, 3.63) is 12.1 Å². The van der Waals surface area contributed by atoms with Crippen LogP contribution in [0.2, 0.25) is 0 Å². The molecule has 0 aliphatic carbocycles. The first-order valence-electron chi connectivity index (χ1n) is 6.16. The Hall–Kier alpha value is -1.32. The second-order valence-electron chi connectivity index (χ2n) is 4.04. The summed E-state index contributed by atoms with van der Waals surface area (Å²) in [6.07, 6.45) is 7.84. The van der Waals surface area contributed by atoms with E-state index in [1.165, 1.54) is 38.5 Å². The number of nitrogens with zero attached hydrogens (tertiary/aromatic N) is 2. The first-order valence-corrected chi connectivity index (χ1v) is 6.16. The van der Waals surface area contributed by atoms with Crippen LogP contribution >= 0.6 is 0 Å². The third-order valence-electron chi connectivity index (χ3n) is 2.52. The van der Waals surface area contributed by atoms with E-state index >= 15 is 0 Å². The molecular weight excluding hydrogens is 200 g/mol. The SMILES string of the molecule is CCCCCCCCNc1ccc(N)nn1. The van der Waals surface area contributed by atoms with E-state index in [9.17, 15) is 0 Å². The van der Waals surface area contributed by atoms with Crippen molar-refractivity contribution in [3.63, 3.8) is 0 Å². The van der Waals surface area contributed by atoms with E-state index in [0.29, 0.717) is 5.82 Å². The lowest BCUT2D eigenvalue weighted by Gasteiger charge is -2.04. The van der Waals surface area contributed by atoms with Gasteiger partial charge in [-0.1, -0.05) is 39.0 Å². The maximum atomic E-state index is 5.45. The Balaban J connectivity index is 2.01. The lowest BCUT2D eigenvalue weighted by atomic mass is 10.1. The smallest absolute Gasteiger partial charge is 0.148 e. The second-order valence-corrected chi connectivity index (χ2v) is 4.04. The van der Waals surface area contributed by atoms with Crippen LogP contribution in [0.4, 0.5) is 11.6 Å². The Morgan fingerprint density at radius 1 is 1.06 bits per heavy atom. The largest absolute Gasteiger partial charge is 0.382 e. The van der Waals surface area contributed by atoms with Crippen molar-refractivity contribution >= 4 is 11.6 Å². The van der Waals surface area contributed by atoms with Crippen molar-refractivity contribution in [2.75, 3.05) is 17.6 Å². The predicted octanol–water partition coefficient (Wildman–Crippen LogP) is 2.83. The summed E-state index contributed by atoms with van der Waals surface area (Å²) in [6, 6.07) is 3.62. The molecule has 0 atom stereocenters. The third-order valence-corrected chi connectivity index (χ3v) is 2.52. The molecule has 16 heavy (non-hydrogen) atoms. The van der Waals surface area contributed by atoms with Crippen LogP contribution in [-0.2, 0) is 0 Å². The molecule has 3 N–H and O–H groups in total. The first-order chi connectivity index (χ1) is 7.83. The summed E-state index contributed by atoms with van der Waals surface area (Å²) in [5.41, 5.74) is 5.45. The molecule has 0 saturated carbocycles. The van der Waals surface area contributed by atoms with Gasteiger partial charge in [0.25, 0.3) is 0 Å². The molecule has 1 heterocycles. The lowest BCUT2D eigenvalue weighted by molar-refractivity contribution is 0.616. The van der Waals surface area contributed by atoms with Gasteiger partial charge in [0, 0.05) is 6.54 Å². The zero-order valence-electron chi connectivity index (χ0n) is 10.1. The fourth-order valence-corrected chi connectivity index (χ4v) is 1.56. The normalized spacial score (nSPS) is 10.3. The molecule has 4 nitrogen and oxygen atoms in total. The molecule has 0 fully saturated rings. The Morgan fingerprint density at radius 2 is 1.81 bits per heavy atom. The fourth-order valence-electron chi connectivity index (χ4n) is 1.56. The number of unbranched alkanes of at least 4 members (excludes halogenated alkanes) is 5. The Morgan fingerprint density at radius 3 is 2.50 bits per heavy atom. The van der Waals surface area contributed by atoms with E-state index in [4.69, 9.17) is 5.73 Å². The van der Waals surface area contributed by atoms with E-state index < -0.39 is 0 Å². The Bertz CT molecular complexity index is 271. The average Bonchev–Trinajstić information content (AvgIpc) is 2.30. The second kappa shape index (κ2) is 7.91. The number of nitrogen functional groups attached to an aromatic ring is 1. The average molecular weight is 222 g/mol. The first kappa shape index (κ1) is 12.7. The summed E-state index contributed by atoms with van der Waals surface area (Å²) in [5, 5.41) is 11.0. The highest BCUT2D eigenvalue weighted by Gasteiger charge is 1.94. The van der Waals surface area contributed by atoms with E-state index in [1.54, 1.807) is 6.07 Å². The van der Waals surface area contributed by atoms with Gasteiger partial charge in [-0.3, -0.25) is 0 Å². The molecule has 1 aromatic rings. The number of rotatable bonds is 8. The van der Waals surface area contributed by atoms with Crippen LogP contribution in [0.3, 0.4) is 0 Å². The molecule has 90 valence electrons. The molecule has 0 bridgehead atoms. The summed E-state index contributed by atoms with van der Waals surface area (Å²) in [6.45, 7) is 3.20. The molecule has 0 aliphatic heterocycles. The fraction of sp³-hybridized carbons (Fsp3) is 0.667. The van der Waals surface area contributed by atoms with Crippen LogP contribution in [0.5, 0.6) is 0 Å². The molecule has 0 aromatic carbocycles. The number of nitrogens with one attached hydrogen (secondary N) is 1. The van der Waals surface area contributed by atoms with Crippen molar-refractivity contribution < 1.29 is 0 Å². The summed E-state index contributed by atoms with van der Waals surface area (Å²) in [7, 11) is 0. The Kier molecular flexibility index (Phi) is 6.30. The van der Waals surface area contributed by atoms with Crippen LogP contribution in [0.15, 0.2) is 12.1 Å². The number of nitrogens with two attached hydrogens (primary N) is 1. The minimum absolute atomic E-state index is 0.463. The topological polar surface area (TPSA) is 63.8 Å². The van der Waals surface area contributed by atoms with Crippen LogP contribution < -0.4 is 11.1 Å². The highest BCUT2D eigenvalue weighted by Crippen LogP contribution is 2.06. The molecule has 0 amide bonds. The van der Waals surface area contributed by atoms with Gasteiger partial charge in [0.1, 0.15) is 11.6 Å². The van der Waals surface area contributed by atoms with Gasteiger partial charge in [0.15, 0.2) is 0 Å². The molecule has 0 radical (unpaired) electrons. The summed E-state index contributed by atoms with van der Waals surface area (Å²) >= 11 is 0. The van der Waals surface area contributed by atoms with Crippen LogP contribution in [0.1, 0.15) is 45.4 Å². The maximum absolute atomic E-state index is 5.45. The quantitative estimate of drug-likeness (QED) is 0.664. The molecule has 1 aromatic heterocycles. The highest BCUT2D eigenvalue weighted by molar-refractivity contribution is 5.38. The van der Waals surface area contributed by atoms with Gasteiger partial charge >= 0.3 is 0 Å². The van der Waals surface area contributed by atoms with Crippen molar-refractivity contribution in [2.45, 2.75) is 45.4 Å². The van der Waals surface area contributed by atoms with E-state index in [1.807, 2.05) is 6.07 Å². The van der Waals surface area contributed by atoms with Gasteiger partial charge in [-0.2, -0.15) is 0 Å². The van der Waals surface area contributed by atoms with Gasteiger partial charge in [0.2, 0.25) is 0 Å². The van der Waals surface area contributed by atoms with Gasteiger partial charge < -0.3 is 11.1 Å². The summed E-state index contributed by atoms with van der Waals surface area (Å²) in [4.78, 5) is 0. The van der Waals surface area contributed by atoms with Crippen LogP contribution in [0.25, 0.3) is 0 Å². The summed E-state index contributed by atoms with van der Waals surface area (Å²) < 4.78 is 0. The van der Waals surface area contributed by atoms with Crippen LogP contribution in [0, 0.1) is 0 Å². The molecule has 1 rings (SSSR count). The van der Waals surface area contributed by atoms with Gasteiger partial charge in [0.05, 0.1) is 0 Å². The summed E-state index contributed by atoms with van der Waals surface area (Å²) in [5.74, 6) is 1.27. The minimum atomic E-state index is 0.463. The lowest BCUT2D eigenvalue weighted by Crippen LogP contribution is -2.04. The predicted molar refractivity (Wildman–Crippen MR) is 68.3 cm³/mol. The molecule has 0 unspecified atom stereocenters. The highest BCUT2D eigenvalue weighted by atomic mass is 15.2. The molecule has 0 aliphatic rings. The van der Waals surface area contributed by atoms with Gasteiger partial charge in [-0.05, 0) is 18.6 Å².